The van der Waals surface area contributed by atoms with Crippen LogP contribution in [0, 0.1) is 0 Å². The summed E-state index contributed by atoms with van der Waals surface area (Å²) in [4.78, 5) is 37.6. The molecule has 2 N–H and O–H groups in total. The fourth-order valence-electron chi connectivity index (χ4n) is 8.10. The number of hydrogen-bond acceptors (Lipinski definition) is 6. The SMILES string of the molecule is CC/C=C/C/C=C/CCCCCCCCCC(=O)NC(COP(=O)(O)OCC[N+](C)(C)C)C(/C=C/CCCCCCCCCCCC)OC(=O)CCCCCCCC/C=C\C/C=C\C/C=C\CCCCC. The van der Waals surface area contributed by atoms with Crippen molar-refractivity contribution >= 4 is 19.7 Å². The summed E-state index contributed by atoms with van der Waals surface area (Å²) in [5.74, 6) is -0.530. The van der Waals surface area contributed by atoms with E-state index in [0.29, 0.717) is 17.4 Å². The number of quaternary nitrogens is 1. The monoisotopic (exact) mass is 1020 g/mol. The van der Waals surface area contributed by atoms with E-state index in [0.717, 1.165) is 109 Å². The Hall–Kier alpha value is -2.55. The quantitative estimate of drug-likeness (QED) is 0.0205. The van der Waals surface area contributed by atoms with Gasteiger partial charge in [0.25, 0.3) is 0 Å². The number of phosphoric acid groups is 1. The van der Waals surface area contributed by atoms with Gasteiger partial charge < -0.3 is 19.4 Å². The molecule has 0 aliphatic carbocycles. The predicted molar refractivity (Wildman–Crippen MR) is 305 cm³/mol. The van der Waals surface area contributed by atoms with E-state index in [1.165, 1.54) is 109 Å². The highest BCUT2D eigenvalue weighted by atomic mass is 31.2. The van der Waals surface area contributed by atoms with Gasteiger partial charge in [0, 0.05) is 12.8 Å². The van der Waals surface area contributed by atoms with Crippen LogP contribution in [0.4, 0.5) is 0 Å². The van der Waals surface area contributed by atoms with Gasteiger partial charge in [0.15, 0.2) is 0 Å². The van der Waals surface area contributed by atoms with Crippen LogP contribution in [0.3, 0.4) is 0 Å². The molecule has 1 amide bonds. The standard InChI is InChI=1S/C61H111N2O7P/c1-7-10-13-16-19-22-25-28-30-31-32-33-34-36-39-42-45-48-51-54-61(65)70-59(52-49-46-43-40-37-27-24-21-18-15-12-9-3)58(57-69-71(66,67)68-56-55-63(4,5)6)62-60(64)53-50-47-44-41-38-35-29-26-23-20-17-14-11-8-2/h11,14,19-20,22-23,28,30,32-33,49,52,58-59H,7-10,12-13,15-18,21,24-27,29,31,34-48,50-51,53-57H2,1-6H3,(H-,62,64,66,67)/p+1/b14-11+,22-19-,23-20+,30-28-,33-32-,52-49+. The first-order valence-electron chi connectivity index (χ1n) is 29.3. The smallest absolute Gasteiger partial charge is 0.456 e. The summed E-state index contributed by atoms with van der Waals surface area (Å²) in [5, 5.41) is 3.04. The van der Waals surface area contributed by atoms with E-state index in [1.54, 1.807) is 0 Å². The largest absolute Gasteiger partial charge is 0.472 e. The van der Waals surface area contributed by atoms with Crippen LogP contribution in [-0.2, 0) is 27.9 Å². The molecule has 9 nitrogen and oxygen atoms in total. The maximum absolute atomic E-state index is 13.5. The minimum atomic E-state index is -4.45. The number of carbonyl (C=O) groups excluding carboxylic acids is 2. The van der Waals surface area contributed by atoms with Crippen molar-refractivity contribution in [2.24, 2.45) is 0 Å². The van der Waals surface area contributed by atoms with Crippen molar-refractivity contribution in [3.05, 3.63) is 72.9 Å². The van der Waals surface area contributed by atoms with E-state index < -0.39 is 20.0 Å². The van der Waals surface area contributed by atoms with Crippen LogP contribution in [-0.4, -0.2) is 74.3 Å². The zero-order chi connectivity index (χ0) is 52.2. The van der Waals surface area contributed by atoms with Crippen LogP contribution in [0.25, 0.3) is 0 Å². The third kappa shape index (κ3) is 52.1. The number of unbranched alkanes of at least 4 members (excludes halogenated alkanes) is 26. The summed E-state index contributed by atoms with van der Waals surface area (Å²) in [5.41, 5.74) is 0. The number of ether oxygens (including phenoxy) is 1. The summed E-state index contributed by atoms with van der Waals surface area (Å²) in [6.45, 7) is 6.86. The number of likely N-dealkylation sites (N-methyl/N-ethyl adjacent to an activating group) is 1. The second-order valence-corrected chi connectivity index (χ2v) is 22.2. The van der Waals surface area contributed by atoms with Gasteiger partial charge in [-0.3, -0.25) is 18.6 Å². The Bertz CT molecular complexity index is 1450. The van der Waals surface area contributed by atoms with E-state index in [9.17, 15) is 19.0 Å². The number of allylic oxidation sites excluding steroid dienone is 11. The Labute approximate surface area is 438 Å². The Morgan fingerprint density at radius 3 is 1.38 bits per heavy atom. The fourth-order valence-corrected chi connectivity index (χ4v) is 8.84. The summed E-state index contributed by atoms with van der Waals surface area (Å²) in [6.07, 6.45) is 64.6. The molecule has 0 heterocycles. The summed E-state index contributed by atoms with van der Waals surface area (Å²) in [6, 6.07) is -0.859. The Kier molecular flexibility index (Phi) is 49.1. The van der Waals surface area contributed by atoms with E-state index in [1.807, 2.05) is 33.3 Å². The minimum Gasteiger partial charge on any atom is -0.456 e. The van der Waals surface area contributed by atoms with Crippen LogP contribution in [0.1, 0.15) is 252 Å². The number of hydrogen-bond donors (Lipinski definition) is 2. The van der Waals surface area contributed by atoms with Gasteiger partial charge in [-0.25, -0.2) is 4.57 Å². The third-order valence-electron chi connectivity index (χ3n) is 12.6. The zero-order valence-corrected chi connectivity index (χ0v) is 47.8. The number of phosphoric ester groups is 1. The molecule has 0 fully saturated rings. The number of nitrogens with zero attached hydrogens (tertiary/aromatic N) is 1. The van der Waals surface area contributed by atoms with Crippen molar-refractivity contribution in [3.8, 4) is 0 Å². The summed E-state index contributed by atoms with van der Waals surface area (Å²) < 4.78 is 30.6. The normalized spacial score (nSPS) is 14.3. The molecule has 10 heteroatoms. The van der Waals surface area contributed by atoms with Gasteiger partial charge in [0.1, 0.15) is 19.3 Å². The highest BCUT2D eigenvalue weighted by Gasteiger charge is 2.30. The highest BCUT2D eigenvalue weighted by Crippen LogP contribution is 2.43. The minimum absolute atomic E-state index is 0.0338. The predicted octanol–water partition coefficient (Wildman–Crippen LogP) is 17.7. The lowest BCUT2D eigenvalue weighted by Gasteiger charge is -2.27. The molecule has 0 saturated carbocycles. The Morgan fingerprint density at radius 2 is 0.901 bits per heavy atom. The topological polar surface area (TPSA) is 111 Å². The van der Waals surface area contributed by atoms with Crippen molar-refractivity contribution in [1.82, 2.24) is 5.32 Å². The van der Waals surface area contributed by atoms with Crippen molar-refractivity contribution in [3.63, 3.8) is 0 Å². The van der Waals surface area contributed by atoms with Crippen LogP contribution in [0.15, 0.2) is 72.9 Å². The van der Waals surface area contributed by atoms with Gasteiger partial charge in [-0.1, -0.05) is 216 Å². The number of amides is 1. The maximum atomic E-state index is 13.5. The van der Waals surface area contributed by atoms with E-state index in [4.69, 9.17) is 13.8 Å². The molecule has 0 aliphatic rings. The van der Waals surface area contributed by atoms with Gasteiger partial charge >= 0.3 is 13.8 Å². The molecule has 3 unspecified atom stereocenters. The zero-order valence-electron chi connectivity index (χ0n) is 47.0. The van der Waals surface area contributed by atoms with Crippen LogP contribution >= 0.6 is 7.82 Å². The molecule has 0 spiro atoms. The number of carbonyl (C=O) groups is 2. The lowest BCUT2D eigenvalue weighted by atomic mass is 10.0. The second kappa shape index (κ2) is 51.0. The molecule has 71 heavy (non-hydrogen) atoms. The van der Waals surface area contributed by atoms with E-state index >= 15 is 0 Å². The molecule has 0 aromatic rings. The molecular weight excluding hydrogens is 904 g/mol. The van der Waals surface area contributed by atoms with Gasteiger partial charge in [-0.05, 0) is 96.0 Å². The maximum Gasteiger partial charge on any atom is 0.472 e. The van der Waals surface area contributed by atoms with Crippen molar-refractivity contribution < 1.29 is 37.3 Å². The third-order valence-corrected chi connectivity index (χ3v) is 13.6. The van der Waals surface area contributed by atoms with Crippen LogP contribution in [0.2, 0.25) is 0 Å². The molecule has 0 aliphatic heterocycles. The van der Waals surface area contributed by atoms with Gasteiger partial charge in [0.2, 0.25) is 5.91 Å². The summed E-state index contributed by atoms with van der Waals surface area (Å²) >= 11 is 0. The molecule has 3 atom stereocenters. The van der Waals surface area contributed by atoms with Gasteiger partial charge in [-0.15, -0.1) is 0 Å². The first-order valence-corrected chi connectivity index (χ1v) is 30.8. The Morgan fingerprint density at radius 1 is 0.507 bits per heavy atom. The highest BCUT2D eigenvalue weighted by molar-refractivity contribution is 7.47. The molecule has 0 saturated heterocycles. The molecule has 0 aromatic heterocycles. The lowest BCUT2D eigenvalue weighted by Crippen LogP contribution is -2.47. The molecule has 0 aromatic carbocycles. The van der Waals surface area contributed by atoms with Crippen molar-refractivity contribution in [2.75, 3.05) is 40.9 Å². The number of rotatable bonds is 52. The summed E-state index contributed by atoms with van der Waals surface area (Å²) in [7, 11) is 1.48. The van der Waals surface area contributed by atoms with Gasteiger partial charge in [-0.2, -0.15) is 0 Å². The lowest BCUT2D eigenvalue weighted by molar-refractivity contribution is -0.870. The van der Waals surface area contributed by atoms with Crippen molar-refractivity contribution in [1.29, 1.82) is 0 Å². The first kappa shape index (κ1) is 68.5. The number of nitrogens with one attached hydrogen (secondary N) is 1. The van der Waals surface area contributed by atoms with E-state index in [-0.39, 0.29) is 31.5 Å². The average Bonchev–Trinajstić information content (AvgIpc) is 3.33. The molecular formula is C61H112N2O7P+. The second-order valence-electron chi connectivity index (χ2n) is 20.8. The van der Waals surface area contributed by atoms with Crippen LogP contribution in [0.5, 0.6) is 0 Å². The van der Waals surface area contributed by atoms with Crippen LogP contribution < -0.4 is 5.32 Å². The van der Waals surface area contributed by atoms with E-state index in [2.05, 4.69) is 86.8 Å². The molecule has 0 bridgehead atoms. The number of esters is 1. The average molecular weight is 1020 g/mol. The molecule has 412 valence electrons. The van der Waals surface area contributed by atoms with Crippen molar-refractivity contribution in [2.45, 2.75) is 264 Å². The first-order chi connectivity index (χ1) is 34.4. The fraction of sp³-hybridized carbons (Fsp3) is 0.770. The molecule has 0 rings (SSSR count). The Balaban J connectivity index is 5.34. The molecule has 0 radical (unpaired) electrons. The van der Waals surface area contributed by atoms with Gasteiger partial charge in [0.05, 0.1) is 33.8 Å².